The first-order chi connectivity index (χ1) is 19.3. The Morgan fingerprint density at radius 2 is 1.27 bits per heavy atom. The second-order valence-corrected chi connectivity index (χ2v) is 15.9. The highest BCUT2D eigenvalue weighted by Crippen LogP contribution is 2.61. The van der Waals surface area contributed by atoms with Gasteiger partial charge in [0.1, 0.15) is 21.7 Å². The summed E-state index contributed by atoms with van der Waals surface area (Å²) in [4.78, 5) is 27.4. The summed E-state index contributed by atoms with van der Waals surface area (Å²) in [5.74, 6) is 0.873. The Morgan fingerprint density at radius 3 is 1.85 bits per heavy atom. The highest BCUT2D eigenvalue weighted by Gasteiger charge is 2.15. The third kappa shape index (κ3) is 8.20. The van der Waals surface area contributed by atoms with E-state index in [9.17, 15) is 9.36 Å². The molecule has 2 aromatic carbocycles. The maximum Gasteiger partial charge on any atom is 0.339 e. The van der Waals surface area contributed by atoms with Crippen LogP contribution in [0.15, 0.2) is 62.4 Å². The molecule has 6 rings (SSSR count). The topological polar surface area (TPSA) is 141 Å². The van der Waals surface area contributed by atoms with Crippen molar-refractivity contribution in [3.63, 3.8) is 0 Å². The molecule has 0 bridgehead atoms. The Hall–Kier alpha value is -2.69. The van der Waals surface area contributed by atoms with E-state index in [0.717, 1.165) is 11.1 Å². The molecule has 0 aliphatic rings. The van der Waals surface area contributed by atoms with E-state index >= 15 is 0 Å². The van der Waals surface area contributed by atoms with Crippen LogP contribution >= 0.6 is 73.7 Å². The van der Waals surface area contributed by atoms with Crippen LogP contribution in [0.4, 0.5) is 0 Å². The van der Waals surface area contributed by atoms with Crippen LogP contribution in [0.3, 0.4) is 0 Å². The van der Waals surface area contributed by atoms with Gasteiger partial charge in [-0.3, -0.25) is 9.36 Å². The number of halogens is 6. The van der Waals surface area contributed by atoms with E-state index in [1.807, 2.05) is 12.1 Å². The summed E-state index contributed by atoms with van der Waals surface area (Å²) < 4.78 is 19.6. The first kappa shape index (κ1) is 31.3. The molecular formula is C24H15Cl6N6O4P. The summed E-state index contributed by atoms with van der Waals surface area (Å²) in [6.45, 7) is 3.49. The first-order valence-corrected chi connectivity index (χ1v) is 16.7. The van der Waals surface area contributed by atoms with E-state index in [2.05, 4.69) is 64.0 Å². The fourth-order valence-corrected chi connectivity index (χ4v) is 4.14. The fourth-order valence-electron chi connectivity index (χ4n) is 3.47. The normalized spacial score (nSPS) is 11.1. The number of rotatable bonds is 2. The van der Waals surface area contributed by atoms with Gasteiger partial charge in [0, 0.05) is 21.2 Å². The molecule has 0 aliphatic heterocycles. The summed E-state index contributed by atoms with van der Waals surface area (Å²) in [5, 5.41) is 6.85. The Bertz CT molecular complexity index is 1960. The lowest BCUT2D eigenvalue weighted by molar-refractivity contribution is 0.442. The number of hydrogen-bond acceptors (Lipinski definition) is 9. The zero-order valence-corrected chi connectivity index (χ0v) is 26.1. The van der Waals surface area contributed by atoms with Crippen LogP contribution in [0.25, 0.3) is 45.0 Å². The smallest absolute Gasteiger partial charge is 0.335 e. The summed E-state index contributed by atoms with van der Waals surface area (Å²) in [5.41, 5.74) is 3.03. The number of H-pyrrole nitrogens is 1. The Kier molecular flexibility index (Phi) is 9.97. The lowest BCUT2D eigenvalue weighted by atomic mass is 10.2. The van der Waals surface area contributed by atoms with Crippen molar-refractivity contribution in [1.29, 1.82) is 0 Å². The standard InChI is InChI=1S/C12H7Cl2N3O.C12H8ClN3O2.Cl3OP/c1-6-9-10(14)15-11(16-12(9)18-17-6)7-3-2-4-8(13)5-7;1-6-9-11(17)14-10(15-12(9)18-16-6)7-3-2-4-8(13)5-7;1-5(2,3)4/h2-5H,1H3;2-5H,1H3,(H,14,15,17);. The molecule has 0 aliphatic carbocycles. The number of nitrogens with one attached hydrogen (secondary N) is 1. The average Bonchev–Trinajstić information content (AvgIpc) is 3.46. The zero-order chi connectivity index (χ0) is 29.9. The summed E-state index contributed by atoms with van der Waals surface area (Å²) in [6, 6.07) is 14.3. The van der Waals surface area contributed by atoms with Crippen molar-refractivity contribution in [3.8, 4) is 22.8 Å². The minimum Gasteiger partial charge on any atom is -0.335 e. The third-order valence-electron chi connectivity index (χ3n) is 5.16. The van der Waals surface area contributed by atoms with Gasteiger partial charge in [0.2, 0.25) is 0 Å². The maximum atomic E-state index is 11.9. The quantitative estimate of drug-likeness (QED) is 0.139. The molecule has 0 saturated heterocycles. The molecule has 0 spiro atoms. The van der Waals surface area contributed by atoms with E-state index in [-0.39, 0.29) is 11.3 Å². The molecular weight excluding hydrogens is 680 g/mol. The van der Waals surface area contributed by atoms with E-state index in [4.69, 9.17) is 43.8 Å². The van der Waals surface area contributed by atoms with E-state index in [0.29, 0.717) is 54.7 Å². The molecule has 0 radical (unpaired) electrons. The van der Waals surface area contributed by atoms with Gasteiger partial charge in [-0.05, 0) is 71.8 Å². The van der Waals surface area contributed by atoms with Gasteiger partial charge in [0.25, 0.3) is 17.0 Å². The Balaban J connectivity index is 0.000000163. The molecule has 4 heterocycles. The zero-order valence-electron chi connectivity index (χ0n) is 20.7. The molecule has 0 fully saturated rings. The van der Waals surface area contributed by atoms with Gasteiger partial charge < -0.3 is 14.0 Å². The highest BCUT2D eigenvalue weighted by atomic mass is 36.0. The van der Waals surface area contributed by atoms with Crippen molar-refractivity contribution in [2.75, 3.05) is 0 Å². The predicted molar refractivity (Wildman–Crippen MR) is 163 cm³/mol. The number of benzene rings is 2. The van der Waals surface area contributed by atoms with Crippen molar-refractivity contribution in [2.45, 2.75) is 13.8 Å². The molecule has 0 unspecified atom stereocenters. The van der Waals surface area contributed by atoms with Crippen LogP contribution in [-0.4, -0.2) is 30.2 Å². The van der Waals surface area contributed by atoms with Crippen LogP contribution < -0.4 is 5.56 Å². The number of aromatic amines is 1. The van der Waals surface area contributed by atoms with Crippen molar-refractivity contribution in [3.05, 3.63) is 85.5 Å². The molecule has 0 amide bonds. The first-order valence-electron chi connectivity index (χ1n) is 11.2. The summed E-state index contributed by atoms with van der Waals surface area (Å²) >= 11 is 31.8. The fraction of sp³-hybridized carbons (Fsp3) is 0.0833. The van der Waals surface area contributed by atoms with Crippen LogP contribution in [0.5, 0.6) is 0 Å². The molecule has 10 nitrogen and oxygen atoms in total. The molecule has 6 aromatic rings. The predicted octanol–water partition coefficient (Wildman–Crippen LogP) is 9.25. The molecule has 0 saturated carbocycles. The second kappa shape index (κ2) is 13.1. The van der Waals surface area contributed by atoms with Crippen molar-refractivity contribution in [2.24, 2.45) is 0 Å². The maximum absolute atomic E-state index is 11.9. The highest BCUT2D eigenvalue weighted by molar-refractivity contribution is 8.24. The molecule has 17 heteroatoms. The van der Waals surface area contributed by atoms with Crippen molar-refractivity contribution >= 4 is 95.9 Å². The lowest BCUT2D eigenvalue weighted by Crippen LogP contribution is -2.09. The molecule has 0 atom stereocenters. The number of aryl methyl sites for hydroxylation is 2. The molecule has 1 N–H and O–H groups in total. The largest absolute Gasteiger partial charge is 0.339 e. The van der Waals surface area contributed by atoms with Gasteiger partial charge in [-0.2, -0.15) is 9.97 Å². The van der Waals surface area contributed by atoms with Gasteiger partial charge in [-0.1, -0.05) is 69.4 Å². The Morgan fingerprint density at radius 1 is 0.756 bits per heavy atom. The monoisotopic (exact) mass is 692 g/mol. The van der Waals surface area contributed by atoms with Gasteiger partial charge in [0.15, 0.2) is 5.82 Å². The van der Waals surface area contributed by atoms with Crippen LogP contribution in [0.1, 0.15) is 11.4 Å². The number of aromatic nitrogens is 6. The van der Waals surface area contributed by atoms with Crippen LogP contribution in [0, 0.1) is 13.8 Å². The van der Waals surface area contributed by atoms with Gasteiger partial charge >= 0.3 is 5.20 Å². The number of nitrogens with zero attached hydrogens (tertiary/aromatic N) is 5. The number of hydrogen-bond donors (Lipinski definition) is 1. The minimum absolute atomic E-state index is 0.228. The minimum atomic E-state index is -3.22. The lowest BCUT2D eigenvalue weighted by Gasteiger charge is -2.01. The summed E-state index contributed by atoms with van der Waals surface area (Å²) in [6.07, 6.45) is 0. The van der Waals surface area contributed by atoms with Crippen LogP contribution in [-0.2, 0) is 4.57 Å². The number of fused-ring (bicyclic) bond motifs is 2. The van der Waals surface area contributed by atoms with E-state index in [1.54, 1.807) is 50.2 Å². The van der Waals surface area contributed by atoms with E-state index < -0.39 is 5.20 Å². The summed E-state index contributed by atoms with van der Waals surface area (Å²) in [7, 11) is 0. The van der Waals surface area contributed by atoms with Gasteiger partial charge in [-0.25, -0.2) is 4.98 Å². The van der Waals surface area contributed by atoms with Gasteiger partial charge in [-0.15, -0.1) is 0 Å². The van der Waals surface area contributed by atoms with Gasteiger partial charge in [0.05, 0.1) is 11.4 Å². The van der Waals surface area contributed by atoms with Crippen molar-refractivity contribution < 1.29 is 13.6 Å². The SMILES string of the molecule is Cc1noc2nc(-c3cccc(Cl)c3)[nH]c(=O)c12.Cc1noc2nc(-c3cccc(Cl)c3)nc(Cl)c12.O=P(Cl)(Cl)Cl. The van der Waals surface area contributed by atoms with Crippen LogP contribution in [0.2, 0.25) is 15.2 Å². The second-order valence-electron chi connectivity index (χ2n) is 8.07. The van der Waals surface area contributed by atoms with E-state index in [1.165, 1.54) is 0 Å². The molecule has 4 aromatic heterocycles. The molecule has 41 heavy (non-hydrogen) atoms. The third-order valence-corrected chi connectivity index (χ3v) is 5.90. The Labute approximate surface area is 260 Å². The average molecular weight is 695 g/mol. The molecule has 212 valence electrons. The van der Waals surface area contributed by atoms with Crippen molar-refractivity contribution in [1.82, 2.24) is 30.2 Å².